The number of benzene rings is 2. The van der Waals surface area contributed by atoms with Gasteiger partial charge in [0.25, 0.3) is 11.8 Å². The number of carbonyl (C=O) groups is 2. The van der Waals surface area contributed by atoms with Crippen molar-refractivity contribution in [2.75, 3.05) is 17.7 Å². The number of anilines is 2. The predicted octanol–water partition coefficient (Wildman–Crippen LogP) is 4.34. The molecule has 14 nitrogen and oxygen atoms in total. The first-order valence-corrected chi connectivity index (χ1v) is 13.4. The smallest absolute Gasteiger partial charge is 0.349 e. The van der Waals surface area contributed by atoms with Crippen molar-refractivity contribution >= 4 is 45.4 Å². The van der Waals surface area contributed by atoms with Crippen molar-refractivity contribution in [3.63, 3.8) is 0 Å². The minimum Gasteiger partial charge on any atom is -0.507 e. The van der Waals surface area contributed by atoms with Crippen LogP contribution in [0.25, 0.3) is 21.9 Å². The molecule has 0 radical (unpaired) electrons. The molecule has 0 bridgehead atoms. The van der Waals surface area contributed by atoms with Crippen molar-refractivity contribution in [1.29, 1.82) is 10.5 Å². The first-order chi connectivity index (χ1) is 22.7. The number of hydrogen-bond acceptors (Lipinski definition) is 12. The Morgan fingerprint density at radius 3 is 1.70 bits per heavy atom. The number of aromatic nitrogens is 2. The van der Waals surface area contributed by atoms with Crippen LogP contribution < -0.4 is 26.6 Å². The molecule has 0 aliphatic rings. The van der Waals surface area contributed by atoms with Gasteiger partial charge in [-0.05, 0) is 60.7 Å². The molecule has 4 aromatic heterocycles. The summed E-state index contributed by atoms with van der Waals surface area (Å²) in [5, 5.41) is 33.0. The van der Waals surface area contributed by atoms with E-state index in [9.17, 15) is 24.3 Å². The molecule has 2 amide bonds. The molecule has 0 atom stereocenters. The lowest BCUT2D eigenvalue weighted by Gasteiger charge is -2.07. The molecule has 0 saturated heterocycles. The maximum absolute atomic E-state index is 12.3. The van der Waals surface area contributed by atoms with E-state index >= 15 is 0 Å². The van der Waals surface area contributed by atoms with Gasteiger partial charge in [-0.25, -0.2) is 19.6 Å². The normalized spacial score (nSPS) is 10.2. The van der Waals surface area contributed by atoms with Gasteiger partial charge in [0.05, 0.1) is 17.9 Å². The van der Waals surface area contributed by atoms with Gasteiger partial charge in [0.15, 0.2) is 0 Å². The van der Waals surface area contributed by atoms with Crippen LogP contribution >= 0.6 is 0 Å². The number of fused-ring (bicyclic) bond motifs is 2. The average Bonchev–Trinajstić information content (AvgIpc) is 3.07. The highest BCUT2D eigenvalue weighted by atomic mass is 16.5. The number of nitriles is 2. The first kappa shape index (κ1) is 31.1. The lowest BCUT2D eigenvalue weighted by atomic mass is 10.1. The van der Waals surface area contributed by atoms with E-state index in [1.165, 1.54) is 61.7 Å². The van der Waals surface area contributed by atoms with Gasteiger partial charge < -0.3 is 29.3 Å². The van der Waals surface area contributed by atoms with E-state index in [4.69, 9.17) is 24.1 Å². The first-order valence-electron chi connectivity index (χ1n) is 13.4. The highest BCUT2D eigenvalue weighted by molar-refractivity contribution is 6.06. The molecular weight excluding hydrogens is 608 g/mol. The molecule has 3 N–H and O–H groups in total. The molecule has 47 heavy (non-hydrogen) atoms. The molecule has 0 aliphatic heterocycles. The zero-order chi connectivity index (χ0) is 33.5. The summed E-state index contributed by atoms with van der Waals surface area (Å²) in [5.41, 5.74) is -1.29. The summed E-state index contributed by atoms with van der Waals surface area (Å²) in [6.07, 6.45) is 0. The van der Waals surface area contributed by atoms with Crippen LogP contribution in [0.5, 0.6) is 11.5 Å². The van der Waals surface area contributed by atoms with Gasteiger partial charge in [0, 0.05) is 0 Å². The van der Waals surface area contributed by atoms with Crippen molar-refractivity contribution < 1.29 is 28.3 Å². The van der Waals surface area contributed by atoms with Gasteiger partial charge in [-0.3, -0.25) is 9.59 Å². The van der Waals surface area contributed by atoms with Gasteiger partial charge in [-0.1, -0.05) is 24.3 Å². The van der Waals surface area contributed by atoms with E-state index in [2.05, 4.69) is 20.6 Å². The molecule has 0 aliphatic carbocycles. The molecule has 0 fully saturated rings. The zero-order valence-corrected chi connectivity index (χ0v) is 24.2. The fraction of sp³-hybridized carbons (Fsp3) is 0.0303. The molecule has 4 heterocycles. The topological polar surface area (TPSA) is 221 Å². The molecule has 6 rings (SSSR count). The fourth-order valence-electron chi connectivity index (χ4n) is 4.23. The van der Waals surface area contributed by atoms with E-state index < -0.39 is 23.1 Å². The molecule has 0 saturated carbocycles. The molecular formula is C33H20N6O8. The van der Waals surface area contributed by atoms with Crippen LogP contribution in [0, 0.1) is 22.7 Å². The number of pyridine rings is 2. The maximum atomic E-state index is 12.3. The third-order valence-electron chi connectivity index (χ3n) is 6.41. The molecule has 0 unspecified atom stereocenters. The number of ether oxygens (including phenoxy) is 1. The second-order valence-electron chi connectivity index (χ2n) is 9.40. The van der Waals surface area contributed by atoms with E-state index in [-0.39, 0.29) is 50.9 Å². The number of rotatable bonds is 5. The summed E-state index contributed by atoms with van der Waals surface area (Å²) in [6, 6.07) is 24.9. The van der Waals surface area contributed by atoms with Gasteiger partial charge in [-0.2, -0.15) is 10.5 Å². The van der Waals surface area contributed by atoms with Crippen molar-refractivity contribution in [3.05, 3.63) is 128 Å². The maximum Gasteiger partial charge on any atom is 0.349 e. The summed E-state index contributed by atoms with van der Waals surface area (Å²) >= 11 is 0. The van der Waals surface area contributed by atoms with Crippen molar-refractivity contribution in [2.45, 2.75) is 0 Å². The van der Waals surface area contributed by atoms with Gasteiger partial charge in [-0.15, -0.1) is 0 Å². The van der Waals surface area contributed by atoms with E-state index in [1.807, 2.05) is 12.1 Å². The second-order valence-corrected chi connectivity index (χ2v) is 9.40. The Balaban J connectivity index is 0.000000185. The highest BCUT2D eigenvalue weighted by Gasteiger charge is 2.17. The largest absolute Gasteiger partial charge is 0.507 e. The molecule has 230 valence electrons. The van der Waals surface area contributed by atoms with E-state index in [0.717, 1.165) is 0 Å². The standard InChI is InChI=1S/C17H11N3O4.C16H9N3O4/c1-23-13-5-3-6-14-11(13)8-12(17(22)24-14)16(21)20-15-7-2-4-10(9-18)19-15;17-8-9-3-1-6-14(18-9)19-15(21)11-7-10-12(20)4-2-5-13(10)23-16(11)22/h2-8H,1H3,(H,19,20,21);1-7,20H,(H,18,19,21). The Morgan fingerprint density at radius 2 is 1.19 bits per heavy atom. The number of phenolic OH excluding ortho intramolecular Hbond substituents is 1. The van der Waals surface area contributed by atoms with E-state index in [1.54, 1.807) is 30.3 Å². The summed E-state index contributed by atoms with van der Waals surface area (Å²) < 4.78 is 15.4. The van der Waals surface area contributed by atoms with E-state index in [0.29, 0.717) is 16.7 Å². The molecule has 2 aromatic carbocycles. The second kappa shape index (κ2) is 13.5. The zero-order valence-electron chi connectivity index (χ0n) is 24.2. The Bertz CT molecular complexity index is 2390. The van der Waals surface area contributed by atoms with Gasteiger partial charge >= 0.3 is 11.3 Å². The summed E-state index contributed by atoms with van der Waals surface area (Å²) in [5.74, 6) is -0.755. The average molecular weight is 629 g/mol. The third-order valence-corrected chi connectivity index (χ3v) is 6.41. The molecule has 14 heteroatoms. The van der Waals surface area contributed by atoms with Crippen LogP contribution in [0.3, 0.4) is 0 Å². The monoisotopic (exact) mass is 628 g/mol. The third kappa shape index (κ3) is 6.93. The molecule has 0 spiro atoms. The number of methoxy groups -OCH3 is 1. The van der Waals surface area contributed by atoms with Crippen LogP contribution in [0.4, 0.5) is 11.6 Å². The SMILES string of the molecule is COc1cccc2oc(=O)c(C(=O)Nc3cccc(C#N)n3)cc12.N#Cc1cccc(NC(=O)c2cc3c(O)cccc3oc2=O)n1. The highest BCUT2D eigenvalue weighted by Crippen LogP contribution is 2.25. The van der Waals surface area contributed by atoms with Crippen molar-refractivity contribution in [1.82, 2.24) is 9.97 Å². The van der Waals surface area contributed by atoms with Crippen LogP contribution in [0.2, 0.25) is 0 Å². The van der Waals surface area contributed by atoms with Crippen LogP contribution in [-0.4, -0.2) is 34.0 Å². The Kier molecular flexibility index (Phi) is 8.97. The Hall–Kier alpha value is -7.32. The number of phenols is 1. The number of nitrogens with one attached hydrogen (secondary N) is 2. The van der Waals surface area contributed by atoms with Crippen molar-refractivity contribution in [3.8, 4) is 23.6 Å². The summed E-state index contributed by atoms with van der Waals surface area (Å²) in [7, 11) is 1.48. The van der Waals surface area contributed by atoms with Crippen LogP contribution in [0.15, 0.2) is 103 Å². The summed E-state index contributed by atoms with van der Waals surface area (Å²) in [6.45, 7) is 0. The minimum atomic E-state index is -0.836. The minimum absolute atomic E-state index is 0.107. The lowest BCUT2D eigenvalue weighted by Crippen LogP contribution is -2.21. The number of carbonyl (C=O) groups excluding carboxylic acids is 2. The number of nitrogens with zero attached hydrogens (tertiary/aromatic N) is 4. The number of amides is 2. The number of aromatic hydroxyl groups is 1. The number of hydrogen-bond donors (Lipinski definition) is 3. The Labute approximate surface area is 263 Å². The van der Waals surface area contributed by atoms with Crippen LogP contribution in [-0.2, 0) is 0 Å². The van der Waals surface area contributed by atoms with Gasteiger partial charge in [0.2, 0.25) is 0 Å². The predicted molar refractivity (Wildman–Crippen MR) is 167 cm³/mol. The fourth-order valence-corrected chi connectivity index (χ4v) is 4.23. The lowest BCUT2D eigenvalue weighted by molar-refractivity contribution is 0.101. The summed E-state index contributed by atoms with van der Waals surface area (Å²) in [4.78, 5) is 56.3. The van der Waals surface area contributed by atoms with Crippen LogP contribution in [0.1, 0.15) is 32.1 Å². The Morgan fingerprint density at radius 1 is 0.723 bits per heavy atom. The van der Waals surface area contributed by atoms with Crippen molar-refractivity contribution in [2.24, 2.45) is 0 Å². The van der Waals surface area contributed by atoms with Gasteiger partial charge in [0.1, 0.15) is 69.0 Å². The quantitative estimate of drug-likeness (QED) is 0.227. The molecule has 6 aromatic rings.